The van der Waals surface area contributed by atoms with Crippen molar-refractivity contribution in [2.24, 2.45) is 10.7 Å². The molecule has 0 spiro atoms. The van der Waals surface area contributed by atoms with E-state index in [9.17, 15) is 0 Å². The van der Waals surface area contributed by atoms with Crippen LogP contribution < -0.4 is 11.1 Å². The van der Waals surface area contributed by atoms with Gasteiger partial charge in [-0.2, -0.15) is 0 Å². The lowest BCUT2D eigenvalue weighted by Gasteiger charge is -2.12. The number of halogens is 1. The lowest BCUT2D eigenvalue weighted by Crippen LogP contribution is -2.34. The molecule has 16 heavy (non-hydrogen) atoms. The number of rotatable bonds is 3. The third-order valence-corrected chi connectivity index (χ3v) is 2.41. The Hall–Kier alpha value is -0.790. The van der Waals surface area contributed by atoms with Crippen LogP contribution in [0.3, 0.4) is 0 Å². The van der Waals surface area contributed by atoms with Crippen molar-refractivity contribution in [3.8, 4) is 0 Å². The Morgan fingerprint density at radius 2 is 2.19 bits per heavy atom. The molecule has 0 saturated carbocycles. The first-order chi connectivity index (χ1) is 7.06. The predicted molar refractivity (Wildman–Crippen MR) is 75.4 cm³/mol. The fourth-order valence-electron chi connectivity index (χ4n) is 1.63. The minimum atomic E-state index is 0. The van der Waals surface area contributed by atoms with E-state index in [1.54, 1.807) is 7.05 Å². The second-order valence-electron chi connectivity index (χ2n) is 3.63. The molecule has 1 rings (SSSR count). The molecule has 1 aromatic rings. The van der Waals surface area contributed by atoms with Gasteiger partial charge in [-0.05, 0) is 13.8 Å². The zero-order valence-electron chi connectivity index (χ0n) is 10.1. The SMILES string of the molecule is CN=C(N)NCC(C)c1c(C)noc1C.I. The van der Waals surface area contributed by atoms with Crippen molar-refractivity contribution >= 4 is 29.9 Å². The highest BCUT2D eigenvalue weighted by atomic mass is 127. The van der Waals surface area contributed by atoms with E-state index in [1.807, 2.05) is 13.8 Å². The normalized spacial score (nSPS) is 13.1. The second kappa shape index (κ2) is 6.72. The van der Waals surface area contributed by atoms with Crippen molar-refractivity contribution in [3.63, 3.8) is 0 Å². The summed E-state index contributed by atoms with van der Waals surface area (Å²) in [5.74, 6) is 1.62. The molecule has 0 radical (unpaired) electrons. The van der Waals surface area contributed by atoms with E-state index in [1.165, 1.54) is 0 Å². The molecule has 0 aliphatic heterocycles. The minimum Gasteiger partial charge on any atom is -0.370 e. The predicted octanol–water partition coefficient (Wildman–Crippen LogP) is 1.55. The van der Waals surface area contributed by atoms with Crippen molar-refractivity contribution in [2.45, 2.75) is 26.7 Å². The van der Waals surface area contributed by atoms with Gasteiger partial charge in [0.05, 0.1) is 5.69 Å². The molecule has 1 aromatic heterocycles. The smallest absolute Gasteiger partial charge is 0.188 e. The van der Waals surface area contributed by atoms with Crippen LogP contribution in [-0.2, 0) is 0 Å². The Morgan fingerprint density at radius 1 is 1.56 bits per heavy atom. The van der Waals surface area contributed by atoms with Crippen molar-refractivity contribution in [2.75, 3.05) is 13.6 Å². The molecule has 0 amide bonds. The lowest BCUT2D eigenvalue weighted by atomic mass is 10.00. The summed E-state index contributed by atoms with van der Waals surface area (Å²) in [5, 5.41) is 6.95. The standard InChI is InChI=1S/C10H18N4O.HI/c1-6(5-13-10(11)12-4)9-7(2)14-15-8(9)3;/h6H,5H2,1-4H3,(H3,11,12,13);1H. The van der Waals surface area contributed by atoms with E-state index in [4.69, 9.17) is 10.3 Å². The van der Waals surface area contributed by atoms with Gasteiger partial charge in [-0.1, -0.05) is 12.1 Å². The number of aromatic nitrogens is 1. The summed E-state index contributed by atoms with van der Waals surface area (Å²) < 4.78 is 5.11. The van der Waals surface area contributed by atoms with Crippen LogP contribution in [0.5, 0.6) is 0 Å². The molecule has 0 aliphatic rings. The number of hydrogen-bond donors (Lipinski definition) is 2. The number of nitrogens with two attached hydrogens (primary N) is 1. The van der Waals surface area contributed by atoms with Crippen LogP contribution >= 0.6 is 24.0 Å². The molecule has 92 valence electrons. The van der Waals surface area contributed by atoms with E-state index >= 15 is 0 Å². The third-order valence-electron chi connectivity index (χ3n) is 2.41. The molecule has 0 bridgehead atoms. The topological polar surface area (TPSA) is 76.4 Å². The second-order valence-corrected chi connectivity index (χ2v) is 3.63. The largest absolute Gasteiger partial charge is 0.370 e. The van der Waals surface area contributed by atoms with Crippen molar-refractivity contribution < 1.29 is 4.52 Å². The quantitative estimate of drug-likeness (QED) is 0.498. The molecular weight excluding hydrogens is 319 g/mol. The maximum atomic E-state index is 5.55. The van der Waals surface area contributed by atoms with Gasteiger partial charge >= 0.3 is 0 Å². The van der Waals surface area contributed by atoms with E-state index in [-0.39, 0.29) is 24.0 Å². The van der Waals surface area contributed by atoms with Crippen LogP contribution in [0.2, 0.25) is 0 Å². The lowest BCUT2D eigenvalue weighted by molar-refractivity contribution is 0.391. The summed E-state index contributed by atoms with van der Waals surface area (Å²) >= 11 is 0. The van der Waals surface area contributed by atoms with Gasteiger partial charge in [-0.15, -0.1) is 24.0 Å². The van der Waals surface area contributed by atoms with Crippen molar-refractivity contribution in [3.05, 3.63) is 17.0 Å². The maximum absolute atomic E-state index is 5.55. The summed E-state index contributed by atoms with van der Waals surface area (Å²) in [6.45, 7) is 6.69. The highest BCUT2D eigenvalue weighted by Gasteiger charge is 2.15. The summed E-state index contributed by atoms with van der Waals surface area (Å²) in [4.78, 5) is 3.83. The van der Waals surface area contributed by atoms with E-state index in [0.29, 0.717) is 11.9 Å². The molecule has 1 heterocycles. The number of aliphatic imine (C=N–C) groups is 1. The van der Waals surface area contributed by atoms with Gasteiger partial charge in [0, 0.05) is 25.1 Å². The Bertz CT molecular complexity index is 342. The van der Waals surface area contributed by atoms with Crippen molar-refractivity contribution in [1.29, 1.82) is 0 Å². The Balaban J connectivity index is 0.00000225. The average Bonchev–Trinajstić information content (AvgIpc) is 2.54. The number of guanidine groups is 1. The Labute approximate surface area is 113 Å². The third kappa shape index (κ3) is 3.66. The van der Waals surface area contributed by atoms with E-state index < -0.39 is 0 Å². The molecule has 5 nitrogen and oxygen atoms in total. The van der Waals surface area contributed by atoms with Crippen LogP contribution in [0.15, 0.2) is 9.52 Å². The molecule has 0 aromatic carbocycles. The van der Waals surface area contributed by atoms with Gasteiger partial charge in [0.2, 0.25) is 0 Å². The van der Waals surface area contributed by atoms with E-state index in [0.717, 1.165) is 23.6 Å². The molecular formula is C10H19IN4O. The van der Waals surface area contributed by atoms with Gasteiger partial charge < -0.3 is 15.6 Å². The van der Waals surface area contributed by atoms with Crippen molar-refractivity contribution in [1.82, 2.24) is 10.5 Å². The van der Waals surface area contributed by atoms with Gasteiger partial charge in [0.25, 0.3) is 0 Å². The van der Waals surface area contributed by atoms with Gasteiger partial charge in [-0.25, -0.2) is 0 Å². The first-order valence-corrected chi connectivity index (χ1v) is 4.95. The number of nitrogens with zero attached hydrogens (tertiary/aromatic N) is 2. The first-order valence-electron chi connectivity index (χ1n) is 4.95. The number of aryl methyl sites for hydroxylation is 2. The monoisotopic (exact) mass is 338 g/mol. The van der Waals surface area contributed by atoms with Crippen LogP contribution in [0.1, 0.15) is 29.9 Å². The maximum Gasteiger partial charge on any atom is 0.188 e. The minimum absolute atomic E-state index is 0. The van der Waals surface area contributed by atoms with E-state index in [2.05, 4.69) is 22.4 Å². The van der Waals surface area contributed by atoms with Gasteiger partial charge in [-0.3, -0.25) is 4.99 Å². The Kier molecular flexibility index (Phi) is 6.39. The molecule has 6 heteroatoms. The number of nitrogens with one attached hydrogen (secondary N) is 1. The molecule has 1 unspecified atom stereocenters. The fourth-order valence-corrected chi connectivity index (χ4v) is 1.63. The van der Waals surface area contributed by atoms with Crippen LogP contribution in [-0.4, -0.2) is 24.7 Å². The number of hydrogen-bond acceptors (Lipinski definition) is 3. The van der Waals surface area contributed by atoms with Gasteiger partial charge in [0.1, 0.15) is 5.76 Å². The summed E-state index contributed by atoms with van der Waals surface area (Å²) in [5.41, 5.74) is 7.63. The summed E-state index contributed by atoms with van der Waals surface area (Å²) in [6.07, 6.45) is 0. The van der Waals surface area contributed by atoms with Crippen LogP contribution in [0, 0.1) is 13.8 Å². The molecule has 1 atom stereocenters. The average molecular weight is 338 g/mol. The first kappa shape index (κ1) is 15.2. The van der Waals surface area contributed by atoms with Crippen LogP contribution in [0.4, 0.5) is 0 Å². The zero-order chi connectivity index (χ0) is 11.4. The highest BCUT2D eigenvalue weighted by Crippen LogP contribution is 2.21. The van der Waals surface area contributed by atoms with Crippen LogP contribution in [0.25, 0.3) is 0 Å². The fraction of sp³-hybridized carbons (Fsp3) is 0.600. The molecule has 0 aliphatic carbocycles. The highest BCUT2D eigenvalue weighted by molar-refractivity contribution is 14.0. The molecule has 0 fully saturated rings. The summed E-state index contributed by atoms with van der Waals surface area (Å²) in [7, 11) is 1.66. The zero-order valence-corrected chi connectivity index (χ0v) is 12.4. The molecule has 0 saturated heterocycles. The summed E-state index contributed by atoms with van der Waals surface area (Å²) in [6, 6.07) is 0. The Morgan fingerprint density at radius 3 is 2.62 bits per heavy atom. The van der Waals surface area contributed by atoms with Gasteiger partial charge in [0.15, 0.2) is 5.96 Å². The molecule has 3 N–H and O–H groups in total.